The molecule has 1 fully saturated rings. The number of benzene rings is 2. The first kappa shape index (κ1) is 19.9. The lowest BCUT2D eigenvalue weighted by molar-refractivity contribution is -0.133. The highest BCUT2D eigenvalue weighted by Gasteiger charge is 2.49. The van der Waals surface area contributed by atoms with Gasteiger partial charge in [-0.2, -0.15) is 0 Å². The van der Waals surface area contributed by atoms with E-state index in [1.54, 1.807) is 37.3 Å². The van der Waals surface area contributed by atoms with Crippen molar-refractivity contribution < 1.29 is 19.1 Å². The van der Waals surface area contributed by atoms with Crippen molar-refractivity contribution in [3.05, 3.63) is 58.1 Å². The third kappa shape index (κ3) is 3.73. The van der Waals surface area contributed by atoms with E-state index in [0.717, 1.165) is 14.9 Å². The zero-order valence-electron chi connectivity index (χ0n) is 15.7. The molecule has 4 amide bonds. The molecule has 0 aromatic heterocycles. The highest BCUT2D eigenvalue weighted by Crippen LogP contribution is 2.30. The summed E-state index contributed by atoms with van der Waals surface area (Å²) in [6.45, 7) is 3.11. The number of hydrogen-bond acceptors (Lipinski definition) is 4. The van der Waals surface area contributed by atoms with Gasteiger partial charge in [0.15, 0.2) is 0 Å². The molecular formula is C20H20BrN3O4. The third-order valence-corrected chi connectivity index (χ3v) is 5.10. The summed E-state index contributed by atoms with van der Waals surface area (Å²) in [5, 5.41) is 5.39. The molecule has 1 saturated heterocycles. The van der Waals surface area contributed by atoms with Gasteiger partial charge in [0.05, 0.1) is 12.8 Å². The molecule has 3 rings (SSSR count). The predicted octanol–water partition coefficient (Wildman–Crippen LogP) is 3.17. The summed E-state index contributed by atoms with van der Waals surface area (Å²) in [4.78, 5) is 38.7. The van der Waals surface area contributed by atoms with Crippen LogP contribution >= 0.6 is 15.9 Å². The molecule has 1 aliphatic rings. The maximum absolute atomic E-state index is 12.9. The van der Waals surface area contributed by atoms with Gasteiger partial charge in [-0.3, -0.25) is 14.5 Å². The second-order valence-electron chi connectivity index (χ2n) is 6.71. The average Bonchev–Trinajstić information content (AvgIpc) is 2.86. The number of nitrogens with zero attached hydrogens (tertiary/aromatic N) is 1. The lowest BCUT2D eigenvalue weighted by Gasteiger charge is -2.22. The van der Waals surface area contributed by atoms with Crippen LogP contribution in [0, 0.1) is 6.92 Å². The molecule has 8 heteroatoms. The van der Waals surface area contributed by atoms with Crippen LogP contribution < -0.4 is 15.4 Å². The molecule has 0 bridgehead atoms. The van der Waals surface area contributed by atoms with E-state index in [2.05, 4.69) is 26.6 Å². The Morgan fingerprint density at radius 1 is 1.25 bits per heavy atom. The van der Waals surface area contributed by atoms with Gasteiger partial charge in [0.1, 0.15) is 17.8 Å². The minimum Gasteiger partial charge on any atom is -0.495 e. The molecule has 28 heavy (non-hydrogen) atoms. The lowest BCUT2D eigenvalue weighted by atomic mass is 9.92. The van der Waals surface area contributed by atoms with Gasteiger partial charge >= 0.3 is 6.03 Å². The van der Waals surface area contributed by atoms with Crippen LogP contribution in [0.4, 0.5) is 10.5 Å². The molecule has 2 aromatic rings. The Kier molecular flexibility index (Phi) is 5.42. The standard InChI is InChI=1S/C20H20BrN3O4/c1-12-7-8-16(28-3)15(9-12)22-17(25)11-24-18(26)20(2,23-19(24)27)13-5-4-6-14(21)10-13/h4-10H,11H2,1-3H3,(H,22,25)(H,23,27)/t20-/m0/s1. The quantitative estimate of drug-likeness (QED) is 0.691. The fourth-order valence-corrected chi connectivity index (χ4v) is 3.49. The number of aryl methyl sites for hydroxylation is 1. The van der Waals surface area contributed by atoms with Crippen molar-refractivity contribution in [2.24, 2.45) is 0 Å². The van der Waals surface area contributed by atoms with Crippen LogP contribution in [0.25, 0.3) is 0 Å². The van der Waals surface area contributed by atoms with Crippen LogP contribution in [0.1, 0.15) is 18.1 Å². The van der Waals surface area contributed by atoms with Crippen LogP contribution in [0.3, 0.4) is 0 Å². The molecule has 7 nitrogen and oxygen atoms in total. The number of amides is 4. The van der Waals surface area contributed by atoms with E-state index in [-0.39, 0.29) is 0 Å². The van der Waals surface area contributed by atoms with Crippen LogP contribution in [-0.2, 0) is 15.1 Å². The minimum atomic E-state index is -1.23. The highest BCUT2D eigenvalue weighted by molar-refractivity contribution is 9.10. The SMILES string of the molecule is COc1ccc(C)cc1NC(=O)CN1C(=O)N[C@@](C)(c2cccc(Br)c2)C1=O. The van der Waals surface area contributed by atoms with Crippen molar-refractivity contribution in [1.29, 1.82) is 0 Å². The Morgan fingerprint density at radius 2 is 2.00 bits per heavy atom. The number of nitrogens with one attached hydrogen (secondary N) is 2. The molecule has 1 heterocycles. The molecule has 0 radical (unpaired) electrons. The summed E-state index contributed by atoms with van der Waals surface area (Å²) >= 11 is 3.37. The van der Waals surface area contributed by atoms with Gasteiger partial charge in [-0.15, -0.1) is 0 Å². The molecule has 0 aliphatic carbocycles. The van der Waals surface area contributed by atoms with E-state index in [4.69, 9.17) is 4.74 Å². The van der Waals surface area contributed by atoms with Crippen LogP contribution in [-0.4, -0.2) is 36.4 Å². The van der Waals surface area contributed by atoms with Gasteiger partial charge in [-0.25, -0.2) is 4.79 Å². The Labute approximate surface area is 171 Å². The summed E-state index contributed by atoms with van der Waals surface area (Å²) in [5.41, 5.74) is 0.813. The number of imide groups is 1. The van der Waals surface area contributed by atoms with Gasteiger partial charge in [0.2, 0.25) is 5.91 Å². The summed E-state index contributed by atoms with van der Waals surface area (Å²) in [6.07, 6.45) is 0. The Morgan fingerprint density at radius 3 is 2.68 bits per heavy atom. The van der Waals surface area contributed by atoms with Crippen LogP contribution in [0.2, 0.25) is 0 Å². The number of ether oxygens (including phenoxy) is 1. The molecule has 0 saturated carbocycles. The van der Waals surface area contributed by atoms with Gasteiger partial charge in [-0.1, -0.05) is 34.1 Å². The summed E-state index contributed by atoms with van der Waals surface area (Å²) in [7, 11) is 1.50. The van der Waals surface area contributed by atoms with E-state index >= 15 is 0 Å². The van der Waals surface area contributed by atoms with E-state index < -0.39 is 29.9 Å². The third-order valence-electron chi connectivity index (χ3n) is 4.61. The van der Waals surface area contributed by atoms with E-state index in [9.17, 15) is 14.4 Å². The van der Waals surface area contributed by atoms with Gasteiger partial charge in [0.25, 0.3) is 5.91 Å². The fourth-order valence-electron chi connectivity index (χ4n) is 3.09. The zero-order valence-corrected chi connectivity index (χ0v) is 17.3. The number of methoxy groups -OCH3 is 1. The Bertz CT molecular complexity index is 962. The van der Waals surface area contributed by atoms with E-state index in [1.165, 1.54) is 7.11 Å². The molecule has 146 valence electrons. The second-order valence-corrected chi connectivity index (χ2v) is 7.62. The van der Waals surface area contributed by atoms with Gasteiger partial charge < -0.3 is 15.4 Å². The van der Waals surface area contributed by atoms with E-state index in [0.29, 0.717) is 17.0 Å². The van der Waals surface area contributed by atoms with Crippen molar-refractivity contribution in [2.75, 3.05) is 19.0 Å². The maximum atomic E-state index is 12.9. The van der Waals surface area contributed by atoms with Gasteiger partial charge in [-0.05, 0) is 49.2 Å². The number of hydrogen-bond donors (Lipinski definition) is 2. The lowest BCUT2D eigenvalue weighted by Crippen LogP contribution is -2.42. The van der Waals surface area contributed by atoms with Crippen molar-refractivity contribution >= 4 is 39.5 Å². The molecule has 2 N–H and O–H groups in total. The number of rotatable bonds is 5. The van der Waals surface area contributed by atoms with Crippen molar-refractivity contribution in [2.45, 2.75) is 19.4 Å². The Hall–Kier alpha value is -2.87. The predicted molar refractivity (Wildman–Crippen MR) is 108 cm³/mol. The fraction of sp³-hybridized carbons (Fsp3) is 0.250. The number of halogens is 1. The summed E-state index contributed by atoms with van der Waals surface area (Å²) in [5.74, 6) is -0.483. The minimum absolute atomic E-state index is 0.397. The summed E-state index contributed by atoms with van der Waals surface area (Å²) in [6, 6.07) is 11.9. The average molecular weight is 446 g/mol. The normalized spacial score (nSPS) is 18.8. The highest BCUT2D eigenvalue weighted by atomic mass is 79.9. The number of carbonyl (C=O) groups is 3. The monoisotopic (exact) mass is 445 g/mol. The zero-order chi connectivity index (χ0) is 20.5. The van der Waals surface area contributed by atoms with Crippen LogP contribution in [0.5, 0.6) is 5.75 Å². The van der Waals surface area contributed by atoms with E-state index in [1.807, 2.05) is 19.1 Å². The second kappa shape index (κ2) is 7.63. The number of carbonyl (C=O) groups excluding carboxylic acids is 3. The molecular weight excluding hydrogens is 426 g/mol. The largest absolute Gasteiger partial charge is 0.495 e. The van der Waals surface area contributed by atoms with Crippen molar-refractivity contribution in [1.82, 2.24) is 10.2 Å². The smallest absolute Gasteiger partial charge is 0.325 e. The van der Waals surface area contributed by atoms with Crippen molar-refractivity contribution in [3.63, 3.8) is 0 Å². The number of anilines is 1. The maximum Gasteiger partial charge on any atom is 0.325 e. The molecule has 2 aromatic carbocycles. The molecule has 0 spiro atoms. The molecule has 1 atom stereocenters. The topological polar surface area (TPSA) is 87.7 Å². The molecule has 1 aliphatic heterocycles. The van der Waals surface area contributed by atoms with Gasteiger partial charge in [0, 0.05) is 4.47 Å². The van der Waals surface area contributed by atoms with Crippen LogP contribution in [0.15, 0.2) is 46.9 Å². The van der Waals surface area contributed by atoms with Crippen molar-refractivity contribution in [3.8, 4) is 5.75 Å². The number of urea groups is 1. The Balaban J connectivity index is 1.78. The molecule has 0 unspecified atom stereocenters. The first-order valence-corrected chi connectivity index (χ1v) is 9.38. The first-order valence-electron chi connectivity index (χ1n) is 8.59. The first-order chi connectivity index (χ1) is 13.2. The summed E-state index contributed by atoms with van der Waals surface area (Å²) < 4.78 is 6.02.